The van der Waals surface area contributed by atoms with Crippen LogP contribution in [-0.2, 0) is 11.8 Å². The van der Waals surface area contributed by atoms with Crippen molar-refractivity contribution in [3.8, 4) is 0 Å². The quantitative estimate of drug-likeness (QED) is 0.804. The second-order valence-electron chi connectivity index (χ2n) is 5.29. The van der Waals surface area contributed by atoms with E-state index >= 15 is 0 Å². The minimum atomic E-state index is -0.210. The van der Waals surface area contributed by atoms with E-state index in [-0.39, 0.29) is 11.5 Å². The Bertz CT molecular complexity index is 307. The summed E-state index contributed by atoms with van der Waals surface area (Å²) in [5.41, 5.74) is 2.95. The van der Waals surface area contributed by atoms with Gasteiger partial charge in [-0.3, -0.25) is 0 Å². The molecule has 15 heavy (non-hydrogen) atoms. The van der Waals surface area contributed by atoms with E-state index in [0.29, 0.717) is 0 Å². The molecule has 1 N–H and O–H groups in total. The third-order valence-corrected chi connectivity index (χ3v) is 2.66. The van der Waals surface area contributed by atoms with Gasteiger partial charge in [-0.1, -0.05) is 45.0 Å². The maximum absolute atomic E-state index is 9.31. The van der Waals surface area contributed by atoms with Crippen molar-refractivity contribution in [3.63, 3.8) is 0 Å². The highest BCUT2D eigenvalue weighted by atomic mass is 16.3. The van der Waals surface area contributed by atoms with Crippen molar-refractivity contribution in [1.29, 1.82) is 0 Å². The zero-order valence-corrected chi connectivity index (χ0v) is 10.2. The zero-order valence-electron chi connectivity index (χ0n) is 10.2. The van der Waals surface area contributed by atoms with Crippen LogP contribution < -0.4 is 0 Å². The van der Waals surface area contributed by atoms with Crippen LogP contribution in [-0.4, -0.2) is 11.2 Å². The fraction of sp³-hybridized carbons (Fsp3) is 0.571. The summed E-state index contributed by atoms with van der Waals surface area (Å²) in [5, 5.41) is 9.31. The fourth-order valence-corrected chi connectivity index (χ4v) is 1.83. The molecule has 0 heterocycles. The monoisotopic (exact) mass is 206 g/mol. The molecule has 0 fully saturated rings. The first-order valence-corrected chi connectivity index (χ1v) is 5.67. The molecule has 1 rings (SSSR count). The maximum atomic E-state index is 9.31. The van der Waals surface area contributed by atoms with Crippen molar-refractivity contribution in [2.45, 2.75) is 52.1 Å². The van der Waals surface area contributed by atoms with Crippen LogP contribution in [0.25, 0.3) is 0 Å². The first kappa shape index (κ1) is 12.3. The van der Waals surface area contributed by atoms with Crippen LogP contribution in [0, 0.1) is 0 Å². The number of benzene rings is 1. The van der Waals surface area contributed by atoms with E-state index < -0.39 is 0 Å². The number of aliphatic hydroxyl groups excluding tert-OH is 1. The smallest absolute Gasteiger partial charge is 0.0515 e. The molecule has 0 saturated carbocycles. The van der Waals surface area contributed by atoms with Crippen LogP contribution in [0.15, 0.2) is 24.3 Å². The lowest BCUT2D eigenvalue weighted by Crippen LogP contribution is -2.15. The second-order valence-corrected chi connectivity index (χ2v) is 5.29. The number of hydrogen-bond donors (Lipinski definition) is 1. The SMILES string of the molecule is CC(O)CCc1ccccc1C(C)(C)C. The largest absolute Gasteiger partial charge is 0.393 e. The second kappa shape index (κ2) is 4.80. The van der Waals surface area contributed by atoms with Gasteiger partial charge >= 0.3 is 0 Å². The highest BCUT2D eigenvalue weighted by Crippen LogP contribution is 2.26. The van der Waals surface area contributed by atoms with E-state index in [9.17, 15) is 5.11 Å². The van der Waals surface area contributed by atoms with Crippen molar-refractivity contribution < 1.29 is 5.11 Å². The summed E-state index contributed by atoms with van der Waals surface area (Å²) >= 11 is 0. The number of hydrogen-bond acceptors (Lipinski definition) is 1. The van der Waals surface area contributed by atoms with Crippen molar-refractivity contribution >= 4 is 0 Å². The van der Waals surface area contributed by atoms with Gasteiger partial charge in [-0.15, -0.1) is 0 Å². The normalized spacial score (nSPS) is 13.9. The molecule has 1 nitrogen and oxygen atoms in total. The maximum Gasteiger partial charge on any atom is 0.0515 e. The number of aryl methyl sites for hydroxylation is 1. The summed E-state index contributed by atoms with van der Waals surface area (Å²) < 4.78 is 0. The van der Waals surface area contributed by atoms with Gasteiger partial charge in [0, 0.05) is 0 Å². The lowest BCUT2D eigenvalue weighted by molar-refractivity contribution is 0.184. The molecule has 1 aromatic carbocycles. The van der Waals surface area contributed by atoms with Gasteiger partial charge in [0.25, 0.3) is 0 Å². The van der Waals surface area contributed by atoms with Crippen LogP contribution in [0.3, 0.4) is 0 Å². The third kappa shape index (κ3) is 3.67. The first-order valence-electron chi connectivity index (χ1n) is 5.67. The first-order chi connectivity index (χ1) is 6.91. The minimum Gasteiger partial charge on any atom is -0.393 e. The molecule has 1 unspecified atom stereocenters. The van der Waals surface area contributed by atoms with E-state index in [2.05, 4.69) is 45.0 Å². The standard InChI is InChI=1S/C14H22O/c1-11(15)9-10-12-7-5-6-8-13(12)14(2,3)4/h5-8,11,15H,9-10H2,1-4H3. The molecule has 1 aromatic rings. The van der Waals surface area contributed by atoms with E-state index in [1.54, 1.807) is 0 Å². The van der Waals surface area contributed by atoms with Gasteiger partial charge in [0.1, 0.15) is 0 Å². The molecule has 0 aliphatic heterocycles. The molecule has 1 atom stereocenters. The Morgan fingerprint density at radius 1 is 1.20 bits per heavy atom. The summed E-state index contributed by atoms with van der Waals surface area (Å²) in [4.78, 5) is 0. The molecule has 0 saturated heterocycles. The van der Waals surface area contributed by atoms with Crippen LogP contribution in [0.4, 0.5) is 0 Å². The van der Waals surface area contributed by atoms with Crippen LogP contribution in [0.2, 0.25) is 0 Å². The van der Waals surface area contributed by atoms with Crippen molar-refractivity contribution in [2.24, 2.45) is 0 Å². The lowest BCUT2D eigenvalue weighted by atomic mass is 9.82. The summed E-state index contributed by atoms with van der Waals surface area (Å²) in [6.07, 6.45) is 1.59. The molecule has 84 valence electrons. The minimum absolute atomic E-state index is 0.190. The van der Waals surface area contributed by atoms with Crippen molar-refractivity contribution in [2.75, 3.05) is 0 Å². The van der Waals surface area contributed by atoms with Gasteiger partial charge in [0.05, 0.1) is 6.10 Å². The fourth-order valence-electron chi connectivity index (χ4n) is 1.83. The summed E-state index contributed by atoms with van der Waals surface area (Å²) in [7, 11) is 0. The Morgan fingerprint density at radius 2 is 1.80 bits per heavy atom. The van der Waals surface area contributed by atoms with E-state index in [1.807, 2.05) is 6.92 Å². The van der Waals surface area contributed by atoms with Gasteiger partial charge < -0.3 is 5.11 Å². The van der Waals surface area contributed by atoms with Crippen LogP contribution in [0.5, 0.6) is 0 Å². The lowest BCUT2D eigenvalue weighted by Gasteiger charge is -2.23. The Labute approximate surface area is 93.1 Å². The van der Waals surface area contributed by atoms with Gasteiger partial charge in [-0.25, -0.2) is 0 Å². The van der Waals surface area contributed by atoms with Crippen LogP contribution >= 0.6 is 0 Å². The van der Waals surface area contributed by atoms with Gasteiger partial charge in [0.2, 0.25) is 0 Å². The third-order valence-electron chi connectivity index (χ3n) is 2.66. The average molecular weight is 206 g/mol. The predicted molar refractivity (Wildman–Crippen MR) is 65.1 cm³/mol. The molecule has 0 radical (unpaired) electrons. The number of rotatable bonds is 3. The Balaban J connectivity index is 2.87. The molecule has 0 aliphatic carbocycles. The van der Waals surface area contributed by atoms with Gasteiger partial charge in [-0.2, -0.15) is 0 Å². The highest BCUT2D eigenvalue weighted by molar-refractivity contribution is 5.32. The van der Waals surface area contributed by atoms with Crippen molar-refractivity contribution in [3.05, 3.63) is 35.4 Å². The Hall–Kier alpha value is -0.820. The topological polar surface area (TPSA) is 20.2 Å². The summed E-state index contributed by atoms with van der Waals surface area (Å²) in [5.74, 6) is 0. The van der Waals surface area contributed by atoms with Gasteiger partial charge in [-0.05, 0) is 36.3 Å². The zero-order chi connectivity index (χ0) is 11.5. The van der Waals surface area contributed by atoms with Gasteiger partial charge in [0.15, 0.2) is 0 Å². The average Bonchev–Trinajstić information content (AvgIpc) is 2.13. The van der Waals surface area contributed by atoms with E-state index in [1.165, 1.54) is 11.1 Å². The molecule has 0 bridgehead atoms. The molecule has 1 heteroatoms. The molecule has 0 aromatic heterocycles. The Kier molecular flexibility index (Phi) is 3.92. The van der Waals surface area contributed by atoms with E-state index in [4.69, 9.17) is 0 Å². The van der Waals surface area contributed by atoms with Crippen LogP contribution in [0.1, 0.15) is 45.2 Å². The van der Waals surface area contributed by atoms with Crippen molar-refractivity contribution in [1.82, 2.24) is 0 Å². The molecule has 0 aliphatic rings. The molecular weight excluding hydrogens is 184 g/mol. The highest BCUT2D eigenvalue weighted by Gasteiger charge is 2.16. The van der Waals surface area contributed by atoms with E-state index in [0.717, 1.165) is 12.8 Å². The molecular formula is C14H22O. The Morgan fingerprint density at radius 3 is 2.33 bits per heavy atom. The predicted octanol–water partition coefficient (Wildman–Crippen LogP) is 3.30. The molecule has 0 spiro atoms. The summed E-state index contributed by atoms with van der Waals surface area (Å²) in [6.45, 7) is 8.54. The number of aliphatic hydroxyl groups is 1. The summed E-state index contributed by atoms with van der Waals surface area (Å²) in [6, 6.07) is 8.53. The molecule has 0 amide bonds.